The molecule has 1 saturated carbocycles. The van der Waals surface area contributed by atoms with Crippen LogP contribution in [0.4, 0.5) is 11.9 Å². The third kappa shape index (κ3) is 5.31. The Hall–Kier alpha value is -2.85. The van der Waals surface area contributed by atoms with Gasteiger partial charge in [-0.25, -0.2) is 9.98 Å². The van der Waals surface area contributed by atoms with Crippen molar-refractivity contribution in [2.45, 2.75) is 29.3 Å². The summed E-state index contributed by atoms with van der Waals surface area (Å²) in [6.45, 7) is 4.24. The van der Waals surface area contributed by atoms with E-state index in [9.17, 15) is 4.79 Å². The molecule has 0 radical (unpaired) electrons. The van der Waals surface area contributed by atoms with Crippen molar-refractivity contribution in [3.05, 3.63) is 29.8 Å². The molecule has 2 aromatic rings. The van der Waals surface area contributed by atoms with Gasteiger partial charge in [0.15, 0.2) is 5.16 Å². The molecule has 2 aliphatic heterocycles. The minimum Gasteiger partial charge on any atom is -0.338 e. The van der Waals surface area contributed by atoms with Crippen LogP contribution in [-0.4, -0.2) is 77.6 Å². The number of hydrogen-bond acceptors (Lipinski definition) is 10. The first-order chi connectivity index (χ1) is 15.6. The minimum atomic E-state index is 0.294. The van der Waals surface area contributed by atoms with Crippen LogP contribution < -0.4 is 10.2 Å². The number of benzene rings is 1. The largest absolute Gasteiger partial charge is 0.338 e. The Morgan fingerprint density at radius 2 is 1.88 bits per heavy atom. The summed E-state index contributed by atoms with van der Waals surface area (Å²) in [5, 5.41) is 3.72. The van der Waals surface area contributed by atoms with E-state index in [4.69, 9.17) is 4.98 Å². The molecule has 166 valence electrons. The smallest absolute Gasteiger partial charge is 0.235 e. The molecule has 0 amide bonds. The van der Waals surface area contributed by atoms with Crippen molar-refractivity contribution in [3.63, 3.8) is 0 Å². The third-order valence-corrected chi connectivity index (χ3v) is 6.57. The molecule has 10 heteroatoms. The van der Waals surface area contributed by atoms with Gasteiger partial charge in [0.25, 0.3) is 0 Å². The Morgan fingerprint density at radius 1 is 1.09 bits per heavy atom. The van der Waals surface area contributed by atoms with Crippen molar-refractivity contribution in [1.29, 1.82) is 0 Å². The fourth-order valence-corrected chi connectivity index (χ4v) is 4.34. The fourth-order valence-electron chi connectivity index (χ4n) is 3.59. The van der Waals surface area contributed by atoms with Gasteiger partial charge in [0.1, 0.15) is 5.78 Å². The highest BCUT2D eigenvalue weighted by Gasteiger charge is 2.29. The molecule has 1 saturated heterocycles. The van der Waals surface area contributed by atoms with E-state index in [-0.39, 0.29) is 0 Å². The first kappa shape index (κ1) is 21.0. The van der Waals surface area contributed by atoms with Gasteiger partial charge in [0.2, 0.25) is 17.9 Å². The van der Waals surface area contributed by atoms with Gasteiger partial charge < -0.3 is 9.80 Å². The number of aromatic nitrogens is 3. The highest BCUT2D eigenvalue weighted by Crippen LogP contribution is 2.32. The lowest BCUT2D eigenvalue weighted by molar-refractivity contribution is -0.119. The van der Waals surface area contributed by atoms with Crippen LogP contribution in [0.5, 0.6) is 0 Å². The highest BCUT2D eigenvalue weighted by molar-refractivity contribution is 7.99. The van der Waals surface area contributed by atoms with Crippen molar-refractivity contribution < 1.29 is 4.79 Å². The first-order valence-electron chi connectivity index (χ1n) is 11.0. The zero-order valence-electron chi connectivity index (χ0n) is 18.1. The molecule has 0 atom stereocenters. The van der Waals surface area contributed by atoms with Crippen LogP contribution in [-0.2, 0) is 11.2 Å². The predicted molar refractivity (Wildman–Crippen MR) is 126 cm³/mol. The average Bonchev–Trinajstić information content (AvgIpc) is 3.53. The monoisotopic (exact) mass is 450 g/mol. The van der Waals surface area contributed by atoms with Crippen LogP contribution in [0.15, 0.2) is 44.3 Å². The van der Waals surface area contributed by atoms with E-state index in [1.807, 2.05) is 24.3 Å². The Morgan fingerprint density at radius 3 is 2.56 bits per heavy atom. The van der Waals surface area contributed by atoms with Crippen molar-refractivity contribution in [3.8, 4) is 0 Å². The number of ketones is 1. The number of nitrogens with zero attached hydrogens (tertiary/aromatic N) is 7. The van der Waals surface area contributed by atoms with Gasteiger partial charge in [-0.05, 0) is 49.3 Å². The summed E-state index contributed by atoms with van der Waals surface area (Å²) in [4.78, 5) is 40.0. The van der Waals surface area contributed by atoms with E-state index < -0.39 is 0 Å². The Labute approximate surface area is 191 Å². The minimum absolute atomic E-state index is 0.294. The molecule has 32 heavy (non-hydrogen) atoms. The van der Waals surface area contributed by atoms with Crippen molar-refractivity contribution >= 4 is 41.6 Å². The maximum atomic E-state index is 12.1. The topological polar surface area (TPSA) is 99.0 Å². The average molecular weight is 451 g/mol. The number of anilines is 2. The van der Waals surface area contributed by atoms with Gasteiger partial charge in [-0.3, -0.25) is 10.1 Å². The van der Waals surface area contributed by atoms with Crippen molar-refractivity contribution in [2.75, 3.05) is 50.0 Å². The second-order valence-corrected chi connectivity index (χ2v) is 9.34. The number of nitrogens with one attached hydrogen (secondary N) is 1. The van der Waals surface area contributed by atoms with Gasteiger partial charge in [0.05, 0.1) is 6.54 Å². The number of hydrogen-bond donors (Lipinski definition) is 1. The van der Waals surface area contributed by atoms with Crippen LogP contribution in [0, 0.1) is 5.92 Å². The molecule has 1 aromatic heterocycles. The van der Waals surface area contributed by atoms with E-state index in [1.165, 1.54) is 11.8 Å². The first-order valence-corrected chi connectivity index (χ1v) is 11.8. The number of carbonyl (C=O) groups excluding carboxylic acids is 1. The van der Waals surface area contributed by atoms with E-state index in [1.54, 1.807) is 6.21 Å². The predicted octanol–water partition coefficient (Wildman–Crippen LogP) is 2.15. The Balaban J connectivity index is 1.33. The van der Waals surface area contributed by atoms with Gasteiger partial charge in [-0.2, -0.15) is 15.0 Å². The standard InChI is InChI=1S/C22H26N8OS/c1-29-10-12-30(13-11-29)21-26-20(25-19-23-8-9-24-19)27-22(28-21)32-17-6-2-15(3-7-17)14-18(31)16-4-5-16/h2-3,6-8,16H,4-5,9-14H2,1H3,(H,24,25,26,27,28). The molecule has 3 aliphatic rings. The molecule has 0 bridgehead atoms. The summed E-state index contributed by atoms with van der Waals surface area (Å²) in [6, 6.07) is 8.09. The van der Waals surface area contributed by atoms with Crippen LogP contribution in [0.3, 0.4) is 0 Å². The normalized spacial score (nSPS) is 18.7. The van der Waals surface area contributed by atoms with Gasteiger partial charge >= 0.3 is 0 Å². The highest BCUT2D eigenvalue weighted by atomic mass is 32.2. The van der Waals surface area contributed by atoms with Crippen LogP contribution >= 0.6 is 11.8 Å². The van der Waals surface area contributed by atoms with Crippen molar-refractivity contribution in [2.24, 2.45) is 15.9 Å². The fraction of sp³-hybridized carbons (Fsp3) is 0.455. The summed E-state index contributed by atoms with van der Waals surface area (Å²) >= 11 is 1.48. The summed E-state index contributed by atoms with van der Waals surface area (Å²) in [6.07, 6.45) is 4.37. The van der Waals surface area contributed by atoms with E-state index in [2.05, 4.69) is 42.1 Å². The van der Waals surface area contributed by atoms with Gasteiger partial charge in [0, 0.05) is 49.6 Å². The molecule has 1 aliphatic carbocycles. The molecule has 2 fully saturated rings. The second-order valence-electron chi connectivity index (χ2n) is 8.30. The molecule has 3 heterocycles. The Bertz CT molecular complexity index is 1040. The van der Waals surface area contributed by atoms with E-state index in [0.29, 0.717) is 47.7 Å². The molecule has 5 rings (SSSR count). The Kier molecular flexibility index (Phi) is 6.13. The second kappa shape index (κ2) is 9.33. The molecule has 1 N–H and O–H groups in total. The zero-order valence-corrected chi connectivity index (χ0v) is 18.9. The lowest BCUT2D eigenvalue weighted by Gasteiger charge is -2.32. The molecular formula is C22H26N8OS. The van der Waals surface area contributed by atoms with Crippen LogP contribution in [0.2, 0.25) is 0 Å². The number of piperazine rings is 1. The summed E-state index contributed by atoms with van der Waals surface area (Å²) in [5.74, 6) is 2.27. The zero-order chi connectivity index (χ0) is 21.9. The number of rotatable bonds is 7. The molecule has 0 spiro atoms. The number of aliphatic imine (C=N–C) groups is 2. The number of likely N-dealkylation sites (N-methyl/N-ethyl adjacent to an activating group) is 1. The maximum absolute atomic E-state index is 12.1. The number of carbonyl (C=O) groups is 1. The lowest BCUT2D eigenvalue weighted by atomic mass is 10.1. The third-order valence-electron chi connectivity index (χ3n) is 5.69. The number of guanidine groups is 1. The van der Waals surface area contributed by atoms with E-state index >= 15 is 0 Å². The molecular weight excluding hydrogens is 424 g/mol. The van der Waals surface area contributed by atoms with Gasteiger partial charge in [-0.15, -0.1) is 0 Å². The van der Waals surface area contributed by atoms with Crippen LogP contribution in [0.1, 0.15) is 18.4 Å². The number of Topliss-reactive ketones (excluding diaryl/α,β-unsaturated/α-hetero) is 1. The summed E-state index contributed by atoms with van der Waals surface area (Å²) in [5.41, 5.74) is 1.06. The molecule has 0 unspecified atom stereocenters. The maximum Gasteiger partial charge on any atom is 0.235 e. The van der Waals surface area contributed by atoms with Crippen molar-refractivity contribution in [1.82, 2.24) is 19.9 Å². The quantitative estimate of drug-likeness (QED) is 0.685. The summed E-state index contributed by atoms with van der Waals surface area (Å²) in [7, 11) is 2.12. The molecule has 9 nitrogen and oxygen atoms in total. The SMILES string of the molecule is CN1CCN(c2nc(NC3=NCC=N3)nc(Sc3ccc(CC(=O)C4CC4)cc3)n2)CC1. The lowest BCUT2D eigenvalue weighted by Crippen LogP contribution is -2.45. The molecule has 1 aromatic carbocycles. The van der Waals surface area contributed by atoms with Crippen LogP contribution in [0.25, 0.3) is 0 Å². The van der Waals surface area contributed by atoms with E-state index in [0.717, 1.165) is 49.5 Å². The summed E-state index contributed by atoms with van der Waals surface area (Å²) < 4.78 is 0. The van der Waals surface area contributed by atoms with Gasteiger partial charge in [-0.1, -0.05) is 12.1 Å².